The van der Waals surface area contributed by atoms with Gasteiger partial charge in [0.1, 0.15) is 0 Å². The molecule has 0 heterocycles. The summed E-state index contributed by atoms with van der Waals surface area (Å²) in [4.78, 5) is 0. The average Bonchev–Trinajstić information content (AvgIpc) is 2.20. The molecule has 0 aromatic carbocycles. The van der Waals surface area contributed by atoms with Crippen LogP contribution in [0.1, 0.15) is 19.3 Å². The largest absolute Gasteiger partial charge is 1.00 e. The standard InChI is InChI=1S/C7H15NO4S2.CH3NOS.K/c1-12-7(13)8-5-3-2-4-6-14(9,10)11;2-1(3)4;/h2-6H2,1H3,(H,8,13)(H,9,10,11);(H3,2,3,4);/q;;+1/p-1. The summed E-state index contributed by atoms with van der Waals surface area (Å²) < 4.78 is 33.7. The van der Waals surface area contributed by atoms with Gasteiger partial charge in [-0.05, 0) is 25.1 Å². The second-order valence-corrected chi connectivity index (χ2v) is 5.43. The van der Waals surface area contributed by atoms with E-state index >= 15 is 0 Å². The van der Waals surface area contributed by atoms with Crippen LogP contribution in [0.3, 0.4) is 0 Å². The van der Waals surface area contributed by atoms with Gasteiger partial charge in [0.15, 0.2) is 0 Å². The van der Waals surface area contributed by atoms with Gasteiger partial charge >= 0.3 is 51.4 Å². The van der Waals surface area contributed by atoms with Crippen molar-refractivity contribution in [1.29, 1.82) is 0 Å². The molecule has 0 fully saturated rings. The quantitative estimate of drug-likeness (QED) is 0.190. The predicted molar refractivity (Wildman–Crippen MR) is 74.7 cm³/mol. The number of nitrogens with two attached hydrogens (primary N) is 1. The van der Waals surface area contributed by atoms with E-state index in [1.807, 2.05) is 0 Å². The van der Waals surface area contributed by atoms with E-state index in [0.717, 1.165) is 12.8 Å². The first-order valence-corrected chi connectivity index (χ1v) is 7.35. The van der Waals surface area contributed by atoms with Crippen LogP contribution in [-0.4, -0.2) is 42.7 Å². The Bertz CT molecular complexity index is 346. The van der Waals surface area contributed by atoms with E-state index in [1.165, 1.54) is 7.11 Å². The smallest absolute Gasteiger partial charge is 0.852 e. The molecule has 0 aromatic rings. The van der Waals surface area contributed by atoms with Gasteiger partial charge in [-0.25, -0.2) is 0 Å². The molecule has 0 spiro atoms. The molecule has 0 radical (unpaired) electrons. The van der Waals surface area contributed by atoms with Crippen LogP contribution in [0.15, 0.2) is 0 Å². The van der Waals surface area contributed by atoms with Crippen LogP contribution < -0.4 is 67.5 Å². The van der Waals surface area contributed by atoms with Gasteiger partial charge in [0.2, 0.25) is 0 Å². The Hall–Kier alpha value is 0.926. The number of hydrogen-bond acceptors (Lipinski definition) is 6. The van der Waals surface area contributed by atoms with Gasteiger partial charge in [0.05, 0.1) is 12.9 Å². The molecule has 0 unspecified atom stereocenters. The van der Waals surface area contributed by atoms with Gasteiger partial charge in [-0.2, -0.15) is 8.42 Å². The number of rotatable bonds is 6. The molecule has 19 heavy (non-hydrogen) atoms. The van der Waals surface area contributed by atoms with Gasteiger partial charge < -0.3 is 20.9 Å². The summed E-state index contributed by atoms with van der Waals surface area (Å²) in [5.41, 5.74) is 4.29. The van der Waals surface area contributed by atoms with Crippen molar-refractivity contribution in [1.82, 2.24) is 5.32 Å². The summed E-state index contributed by atoms with van der Waals surface area (Å²) in [7, 11) is -2.32. The molecule has 0 bridgehead atoms. The summed E-state index contributed by atoms with van der Waals surface area (Å²) >= 11 is 8.48. The average molecular weight is 357 g/mol. The summed E-state index contributed by atoms with van der Waals surface area (Å²) in [6, 6.07) is 0. The minimum atomic E-state index is -3.80. The monoisotopic (exact) mass is 356 g/mol. The van der Waals surface area contributed by atoms with Crippen LogP contribution in [0.25, 0.3) is 0 Å². The molecule has 7 nitrogen and oxygen atoms in total. The van der Waals surface area contributed by atoms with E-state index in [9.17, 15) is 8.42 Å². The molecule has 0 rings (SSSR count). The van der Waals surface area contributed by atoms with Crippen LogP contribution in [0, 0.1) is 0 Å². The van der Waals surface area contributed by atoms with E-state index < -0.39 is 15.3 Å². The van der Waals surface area contributed by atoms with Crippen molar-refractivity contribution in [3.05, 3.63) is 0 Å². The van der Waals surface area contributed by atoms with Crippen LogP contribution in [-0.2, 0) is 14.9 Å². The number of nitrogens with one attached hydrogen (secondary N) is 1. The Balaban J connectivity index is -0.000000448. The molecular weight excluding hydrogens is 339 g/mol. The van der Waals surface area contributed by atoms with Crippen LogP contribution >= 0.6 is 24.4 Å². The Morgan fingerprint density at radius 1 is 1.37 bits per heavy atom. The molecule has 0 amide bonds. The normalized spacial score (nSPS) is 9.37. The predicted octanol–water partition coefficient (Wildman–Crippen LogP) is -3.84. The number of hydrogen-bond donors (Lipinski definition) is 3. The van der Waals surface area contributed by atoms with E-state index in [1.54, 1.807) is 0 Å². The first-order chi connectivity index (χ1) is 8.19. The maximum atomic E-state index is 10.3. The Morgan fingerprint density at radius 2 is 1.84 bits per heavy atom. The van der Waals surface area contributed by atoms with Gasteiger partial charge in [0, 0.05) is 11.7 Å². The number of ether oxygens (including phenoxy) is 1. The molecule has 0 aliphatic rings. The minimum absolute atomic E-state index is 0. The topological polar surface area (TPSA) is 125 Å². The summed E-state index contributed by atoms with van der Waals surface area (Å²) in [5, 5.41) is 11.4. The van der Waals surface area contributed by atoms with Crippen molar-refractivity contribution in [3.8, 4) is 0 Å². The minimum Gasteiger partial charge on any atom is -0.852 e. The molecule has 11 heteroatoms. The maximum Gasteiger partial charge on any atom is 1.00 e. The molecule has 0 saturated heterocycles. The van der Waals surface area contributed by atoms with Crippen molar-refractivity contribution >= 4 is 44.9 Å². The fourth-order valence-corrected chi connectivity index (χ4v) is 1.52. The van der Waals surface area contributed by atoms with E-state index in [-0.39, 0.29) is 57.1 Å². The number of methoxy groups -OCH3 is 1. The molecule has 0 atom stereocenters. The van der Waals surface area contributed by atoms with E-state index in [0.29, 0.717) is 18.1 Å². The van der Waals surface area contributed by atoms with Crippen molar-refractivity contribution < 1.29 is 74.2 Å². The summed E-state index contributed by atoms with van der Waals surface area (Å²) in [6.45, 7) is 0.651. The van der Waals surface area contributed by atoms with Crippen LogP contribution in [0.4, 0.5) is 0 Å². The van der Waals surface area contributed by atoms with Crippen molar-refractivity contribution in [3.63, 3.8) is 0 Å². The zero-order valence-electron chi connectivity index (χ0n) is 10.9. The first-order valence-electron chi connectivity index (χ1n) is 4.92. The maximum absolute atomic E-state index is 10.3. The zero-order chi connectivity index (χ0) is 14.6. The Morgan fingerprint density at radius 3 is 2.21 bits per heavy atom. The molecule has 0 aromatic heterocycles. The van der Waals surface area contributed by atoms with Gasteiger partial charge in [0.25, 0.3) is 15.3 Å². The third kappa shape index (κ3) is 32.5. The second-order valence-electron chi connectivity index (χ2n) is 3.08. The SMILES string of the molecule is COC(=S)NCCCCCS(=O)(=O)O.NC([O-])=S.[K+]. The van der Waals surface area contributed by atoms with Gasteiger partial charge in [-0.1, -0.05) is 18.6 Å². The van der Waals surface area contributed by atoms with Crippen LogP contribution in [0.5, 0.6) is 0 Å². The zero-order valence-corrected chi connectivity index (χ0v) is 16.5. The van der Waals surface area contributed by atoms with Crippen molar-refractivity contribution in [2.45, 2.75) is 19.3 Å². The molecular formula is C8H17KN2O5S3. The first kappa shape index (κ1) is 24.9. The van der Waals surface area contributed by atoms with Crippen LogP contribution in [0.2, 0.25) is 0 Å². The second kappa shape index (κ2) is 15.3. The summed E-state index contributed by atoms with van der Waals surface area (Å²) in [6.07, 6.45) is 1.97. The van der Waals surface area contributed by atoms with E-state index in [4.69, 9.17) is 26.6 Å². The van der Waals surface area contributed by atoms with Crippen molar-refractivity contribution in [2.24, 2.45) is 5.73 Å². The Kier molecular flexibility index (Phi) is 20.1. The molecule has 0 aliphatic carbocycles. The molecule has 108 valence electrons. The molecule has 0 saturated carbocycles. The third-order valence-electron chi connectivity index (χ3n) is 1.53. The molecule has 0 aliphatic heterocycles. The van der Waals surface area contributed by atoms with E-state index in [2.05, 4.69) is 23.3 Å². The number of unbranched alkanes of at least 4 members (excludes halogenated alkanes) is 2. The third-order valence-corrected chi connectivity index (χ3v) is 2.65. The van der Waals surface area contributed by atoms with Gasteiger partial charge in [-0.3, -0.25) is 4.55 Å². The van der Waals surface area contributed by atoms with Crippen molar-refractivity contribution in [2.75, 3.05) is 19.4 Å². The fourth-order valence-electron chi connectivity index (χ4n) is 0.849. The Labute approximate surface area is 166 Å². The van der Waals surface area contributed by atoms with Gasteiger partial charge in [-0.15, -0.1) is 0 Å². The fraction of sp³-hybridized carbons (Fsp3) is 0.750. The number of thiocarbonyl (C=S) groups is 2. The molecule has 4 N–H and O–H groups in total. The summed E-state index contributed by atoms with van der Waals surface area (Å²) in [5.74, 6) is -0.179.